The molecule has 1 aliphatic carbocycles. The van der Waals surface area contributed by atoms with Crippen molar-refractivity contribution in [2.45, 2.75) is 44.2 Å². The third kappa shape index (κ3) is 3.10. The summed E-state index contributed by atoms with van der Waals surface area (Å²) in [5, 5.41) is 16.7. The van der Waals surface area contributed by atoms with Crippen molar-refractivity contribution in [1.82, 2.24) is 19.3 Å². The molecule has 0 bridgehead atoms. The van der Waals surface area contributed by atoms with E-state index in [9.17, 15) is 8.42 Å². The largest absolute Gasteiger partial charge is 0.394 e. The fourth-order valence-corrected chi connectivity index (χ4v) is 4.34. The second-order valence-corrected chi connectivity index (χ2v) is 7.63. The maximum absolute atomic E-state index is 12.4. The summed E-state index contributed by atoms with van der Waals surface area (Å²) in [6, 6.07) is 0. The molecular formula is C12H20N4O4S. The van der Waals surface area contributed by atoms with Crippen LogP contribution in [0.5, 0.6) is 0 Å². The minimum Gasteiger partial charge on any atom is -0.394 e. The molecule has 1 fully saturated rings. The molecular weight excluding hydrogens is 296 g/mol. The van der Waals surface area contributed by atoms with Gasteiger partial charge < -0.3 is 9.84 Å². The predicted molar refractivity (Wildman–Crippen MR) is 73.7 cm³/mol. The fourth-order valence-electron chi connectivity index (χ4n) is 2.50. The van der Waals surface area contributed by atoms with E-state index in [2.05, 4.69) is 10.3 Å². The number of fused-ring (bicyclic) bond motifs is 1. The highest BCUT2D eigenvalue weighted by Crippen LogP contribution is 2.32. The monoisotopic (exact) mass is 316 g/mol. The topological polar surface area (TPSA) is 97.6 Å². The average Bonchev–Trinajstić information content (AvgIpc) is 3.27. The van der Waals surface area contributed by atoms with E-state index in [-0.39, 0.29) is 25.1 Å². The number of sulfonamides is 1. The third-order valence-electron chi connectivity index (χ3n) is 3.80. The Balaban J connectivity index is 1.78. The molecule has 21 heavy (non-hydrogen) atoms. The lowest BCUT2D eigenvalue weighted by Gasteiger charge is -2.19. The molecule has 9 heteroatoms. The SMILES string of the molecule is O=S(=O)(C1CC1)N1CCCn2nnc(COCCO)c2C1. The molecule has 8 nitrogen and oxygen atoms in total. The van der Waals surface area contributed by atoms with Gasteiger partial charge in [-0.1, -0.05) is 5.21 Å². The van der Waals surface area contributed by atoms with Gasteiger partial charge in [0.25, 0.3) is 0 Å². The van der Waals surface area contributed by atoms with E-state index in [1.165, 1.54) is 0 Å². The standard InChI is InChI=1S/C12H20N4O4S/c17-6-7-20-9-11-12-8-15(21(18,19)10-2-3-10)4-1-5-16(12)14-13-11/h10,17H,1-9H2. The van der Waals surface area contributed by atoms with Crippen LogP contribution in [0.2, 0.25) is 0 Å². The molecule has 2 aliphatic rings. The zero-order valence-electron chi connectivity index (χ0n) is 11.8. The van der Waals surface area contributed by atoms with Crippen molar-refractivity contribution in [2.75, 3.05) is 19.8 Å². The summed E-state index contributed by atoms with van der Waals surface area (Å²) >= 11 is 0. The second kappa shape index (κ2) is 5.99. The molecule has 0 aromatic carbocycles. The number of aryl methyl sites for hydroxylation is 1. The first-order valence-electron chi connectivity index (χ1n) is 7.21. The van der Waals surface area contributed by atoms with Crippen LogP contribution in [0.25, 0.3) is 0 Å². The van der Waals surface area contributed by atoms with Crippen molar-refractivity contribution >= 4 is 10.0 Å². The Bertz CT molecular complexity index is 596. The average molecular weight is 316 g/mol. The Morgan fingerprint density at radius 3 is 2.86 bits per heavy atom. The van der Waals surface area contributed by atoms with Crippen molar-refractivity contribution in [3.8, 4) is 0 Å². The summed E-state index contributed by atoms with van der Waals surface area (Å²) < 4.78 is 33.4. The molecule has 2 heterocycles. The van der Waals surface area contributed by atoms with Crippen LogP contribution in [0, 0.1) is 0 Å². The molecule has 0 spiro atoms. The van der Waals surface area contributed by atoms with Crippen molar-refractivity contribution in [3.05, 3.63) is 11.4 Å². The number of aliphatic hydroxyl groups excluding tert-OH is 1. The zero-order chi connectivity index (χ0) is 14.9. The first-order chi connectivity index (χ1) is 10.1. The van der Waals surface area contributed by atoms with Gasteiger partial charge in [0.15, 0.2) is 0 Å². The molecule has 0 atom stereocenters. The Hall–Kier alpha value is -1.03. The van der Waals surface area contributed by atoms with Gasteiger partial charge in [-0.15, -0.1) is 5.10 Å². The second-order valence-electron chi connectivity index (χ2n) is 5.41. The minimum absolute atomic E-state index is 0.0499. The van der Waals surface area contributed by atoms with E-state index in [0.717, 1.165) is 25.0 Å². The third-order valence-corrected chi connectivity index (χ3v) is 6.15. The van der Waals surface area contributed by atoms with E-state index in [4.69, 9.17) is 9.84 Å². The van der Waals surface area contributed by atoms with E-state index in [0.29, 0.717) is 25.3 Å². The molecule has 3 rings (SSSR count). The van der Waals surface area contributed by atoms with Gasteiger partial charge in [0.2, 0.25) is 10.0 Å². The Kier molecular flexibility index (Phi) is 4.25. The molecule has 1 aromatic rings. The maximum atomic E-state index is 12.4. The summed E-state index contributed by atoms with van der Waals surface area (Å²) in [4.78, 5) is 0. The normalized spacial score (nSPS) is 20.2. The number of hydrogen-bond acceptors (Lipinski definition) is 6. The number of aromatic nitrogens is 3. The van der Waals surface area contributed by atoms with Crippen LogP contribution in [0.3, 0.4) is 0 Å². The molecule has 0 radical (unpaired) electrons. The Morgan fingerprint density at radius 2 is 2.14 bits per heavy atom. The van der Waals surface area contributed by atoms with Gasteiger partial charge in [0.1, 0.15) is 5.69 Å². The first kappa shape index (κ1) is 14.9. The van der Waals surface area contributed by atoms with E-state index >= 15 is 0 Å². The maximum Gasteiger partial charge on any atom is 0.217 e. The number of hydrogen-bond donors (Lipinski definition) is 1. The predicted octanol–water partition coefficient (Wildman–Crippen LogP) is -0.515. The van der Waals surface area contributed by atoms with Crippen molar-refractivity contribution in [2.24, 2.45) is 0 Å². The van der Waals surface area contributed by atoms with Gasteiger partial charge >= 0.3 is 0 Å². The van der Waals surface area contributed by atoms with Crippen molar-refractivity contribution < 1.29 is 18.3 Å². The molecule has 0 saturated heterocycles. The summed E-state index contributed by atoms with van der Waals surface area (Å²) in [5.74, 6) is 0. The number of rotatable bonds is 6. The summed E-state index contributed by atoms with van der Waals surface area (Å²) in [6.07, 6.45) is 2.27. The highest BCUT2D eigenvalue weighted by atomic mass is 32.2. The van der Waals surface area contributed by atoms with Crippen LogP contribution in [-0.4, -0.2) is 57.8 Å². The van der Waals surface area contributed by atoms with Crippen LogP contribution >= 0.6 is 0 Å². The molecule has 1 N–H and O–H groups in total. The van der Waals surface area contributed by atoms with Gasteiger partial charge in [0.05, 0.1) is 37.3 Å². The lowest BCUT2D eigenvalue weighted by atomic mass is 10.3. The summed E-state index contributed by atoms with van der Waals surface area (Å²) in [5.41, 5.74) is 1.45. The van der Waals surface area contributed by atoms with Crippen LogP contribution in [0.4, 0.5) is 0 Å². The highest BCUT2D eigenvalue weighted by Gasteiger charge is 2.41. The first-order valence-corrected chi connectivity index (χ1v) is 8.72. The van der Waals surface area contributed by atoms with Crippen molar-refractivity contribution in [3.63, 3.8) is 0 Å². The Labute approximate surface area is 123 Å². The number of nitrogens with zero attached hydrogens (tertiary/aromatic N) is 4. The van der Waals surface area contributed by atoms with E-state index < -0.39 is 10.0 Å². The smallest absolute Gasteiger partial charge is 0.217 e. The van der Waals surface area contributed by atoms with Crippen LogP contribution < -0.4 is 0 Å². The van der Waals surface area contributed by atoms with E-state index in [1.807, 2.05) is 0 Å². The number of aliphatic hydroxyl groups is 1. The van der Waals surface area contributed by atoms with Crippen LogP contribution in [0.1, 0.15) is 30.7 Å². The molecule has 1 saturated carbocycles. The number of ether oxygens (including phenoxy) is 1. The quantitative estimate of drug-likeness (QED) is 0.710. The molecule has 0 amide bonds. The van der Waals surface area contributed by atoms with E-state index in [1.54, 1.807) is 8.99 Å². The Morgan fingerprint density at radius 1 is 1.33 bits per heavy atom. The highest BCUT2D eigenvalue weighted by molar-refractivity contribution is 7.90. The lowest BCUT2D eigenvalue weighted by Crippen LogP contribution is -2.33. The van der Waals surface area contributed by atoms with Gasteiger partial charge in [-0.3, -0.25) is 0 Å². The minimum atomic E-state index is -3.19. The zero-order valence-corrected chi connectivity index (χ0v) is 12.6. The van der Waals surface area contributed by atoms with Gasteiger partial charge in [-0.2, -0.15) is 4.31 Å². The molecule has 1 aromatic heterocycles. The van der Waals surface area contributed by atoms with Crippen molar-refractivity contribution in [1.29, 1.82) is 0 Å². The summed E-state index contributed by atoms with van der Waals surface area (Å²) in [7, 11) is -3.19. The van der Waals surface area contributed by atoms with Crippen LogP contribution in [-0.2, 0) is 34.5 Å². The van der Waals surface area contributed by atoms with Gasteiger partial charge in [0, 0.05) is 13.1 Å². The van der Waals surface area contributed by atoms with Gasteiger partial charge in [-0.25, -0.2) is 13.1 Å². The lowest BCUT2D eigenvalue weighted by molar-refractivity contribution is 0.0790. The molecule has 0 unspecified atom stereocenters. The molecule has 1 aliphatic heterocycles. The molecule has 118 valence electrons. The fraction of sp³-hybridized carbons (Fsp3) is 0.833. The van der Waals surface area contributed by atoms with Crippen LogP contribution in [0.15, 0.2) is 0 Å². The summed E-state index contributed by atoms with van der Waals surface area (Å²) in [6.45, 7) is 1.93. The van der Waals surface area contributed by atoms with Gasteiger partial charge in [-0.05, 0) is 19.3 Å².